The third-order valence-corrected chi connectivity index (χ3v) is 2.05. The van der Waals surface area contributed by atoms with Crippen LogP contribution in [0.4, 0.5) is 5.69 Å². The Morgan fingerprint density at radius 1 is 1.47 bits per heavy atom. The van der Waals surface area contributed by atoms with Gasteiger partial charge in [-0.1, -0.05) is 11.6 Å². The van der Waals surface area contributed by atoms with Gasteiger partial charge in [-0.3, -0.25) is 0 Å². The highest BCUT2D eigenvalue weighted by Gasteiger charge is 2.02. The lowest BCUT2D eigenvalue weighted by Gasteiger charge is -2.10. The molecule has 1 aromatic heterocycles. The van der Waals surface area contributed by atoms with Gasteiger partial charge in [-0.15, -0.1) is 0 Å². The Morgan fingerprint density at radius 3 is 2.87 bits per heavy atom. The maximum Gasteiger partial charge on any atom is 0.238 e. The molecule has 0 radical (unpaired) electrons. The molecule has 0 spiro atoms. The third-order valence-electron chi connectivity index (χ3n) is 1.84. The molecule has 0 fully saturated rings. The van der Waals surface area contributed by atoms with Crippen LogP contribution in [0, 0.1) is 0 Å². The van der Waals surface area contributed by atoms with Gasteiger partial charge in [-0.05, 0) is 32.6 Å². The van der Waals surface area contributed by atoms with Crippen LogP contribution in [-0.2, 0) is 0 Å². The summed E-state index contributed by atoms with van der Waals surface area (Å²) in [5.41, 5.74) is 6.19. The van der Waals surface area contributed by atoms with Crippen LogP contribution in [0.5, 0.6) is 5.88 Å². The first kappa shape index (κ1) is 12.1. The molecule has 0 amide bonds. The van der Waals surface area contributed by atoms with E-state index in [1.54, 1.807) is 12.1 Å². The zero-order chi connectivity index (χ0) is 11.3. The first-order chi connectivity index (χ1) is 7.09. The SMILES string of the molecule is CN(C)CCCOc1nc(Cl)ccc1N. The van der Waals surface area contributed by atoms with E-state index in [2.05, 4.69) is 9.88 Å². The standard InChI is InChI=1S/C10H16ClN3O/c1-14(2)6-3-7-15-10-8(12)4-5-9(11)13-10/h4-5H,3,6-7,12H2,1-2H3. The first-order valence-electron chi connectivity index (χ1n) is 4.79. The quantitative estimate of drug-likeness (QED) is 0.616. The number of nitrogens with zero attached hydrogens (tertiary/aromatic N) is 2. The van der Waals surface area contributed by atoms with E-state index < -0.39 is 0 Å². The summed E-state index contributed by atoms with van der Waals surface area (Å²) in [6.45, 7) is 1.57. The Morgan fingerprint density at radius 2 is 2.20 bits per heavy atom. The number of ether oxygens (including phenoxy) is 1. The van der Waals surface area contributed by atoms with E-state index in [9.17, 15) is 0 Å². The molecule has 5 heteroatoms. The highest BCUT2D eigenvalue weighted by atomic mass is 35.5. The van der Waals surface area contributed by atoms with Crippen molar-refractivity contribution in [1.29, 1.82) is 0 Å². The summed E-state index contributed by atoms with van der Waals surface area (Å²) < 4.78 is 5.42. The maximum absolute atomic E-state index is 5.73. The van der Waals surface area contributed by atoms with Gasteiger partial charge in [0.1, 0.15) is 5.15 Å². The number of rotatable bonds is 5. The van der Waals surface area contributed by atoms with E-state index >= 15 is 0 Å². The normalized spacial score (nSPS) is 10.7. The fraction of sp³-hybridized carbons (Fsp3) is 0.500. The van der Waals surface area contributed by atoms with Crippen LogP contribution in [0.15, 0.2) is 12.1 Å². The van der Waals surface area contributed by atoms with Gasteiger partial charge >= 0.3 is 0 Å². The summed E-state index contributed by atoms with van der Waals surface area (Å²) in [5, 5.41) is 0.395. The number of aromatic nitrogens is 1. The number of halogens is 1. The minimum Gasteiger partial charge on any atom is -0.476 e. The van der Waals surface area contributed by atoms with E-state index in [1.807, 2.05) is 14.1 Å². The van der Waals surface area contributed by atoms with Gasteiger partial charge in [0.25, 0.3) is 0 Å². The number of nitrogens with two attached hydrogens (primary N) is 1. The van der Waals surface area contributed by atoms with Gasteiger partial charge in [-0.2, -0.15) is 4.98 Å². The Balaban J connectivity index is 2.40. The third kappa shape index (κ3) is 4.36. The average Bonchev–Trinajstić information content (AvgIpc) is 2.17. The van der Waals surface area contributed by atoms with E-state index in [0.717, 1.165) is 13.0 Å². The van der Waals surface area contributed by atoms with Crippen molar-refractivity contribution in [3.05, 3.63) is 17.3 Å². The van der Waals surface area contributed by atoms with Gasteiger partial charge < -0.3 is 15.4 Å². The monoisotopic (exact) mass is 229 g/mol. The predicted molar refractivity (Wildman–Crippen MR) is 62.3 cm³/mol. The molecule has 4 nitrogen and oxygen atoms in total. The predicted octanol–water partition coefficient (Wildman–Crippen LogP) is 1.65. The second kappa shape index (κ2) is 5.78. The lowest BCUT2D eigenvalue weighted by Crippen LogP contribution is -2.16. The molecule has 84 valence electrons. The molecule has 0 aliphatic carbocycles. The second-order valence-corrected chi connectivity index (χ2v) is 3.92. The van der Waals surface area contributed by atoms with Crippen molar-refractivity contribution in [3.8, 4) is 5.88 Å². The van der Waals surface area contributed by atoms with Crippen molar-refractivity contribution in [3.63, 3.8) is 0 Å². The highest BCUT2D eigenvalue weighted by molar-refractivity contribution is 6.29. The summed E-state index contributed by atoms with van der Waals surface area (Å²) in [6, 6.07) is 3.33. The van der Waals surface area contributed by atoms with Gasteiger partial charge in [-0.25, -0.2) is 0 Å². The fourth-order valence-electron chi connectivity index (χ4n) is 1.09. The van der Waals surface area contributed by atoms with E-state index in [-0.39, 0.29) is 0 Å². The minimum atomic E-state index is 0.395. The number of hydrogen-bond donors (Lipinski definition) is 1. The maximum atomic E-state index is 5.73. The van der Waals surface area contributed by atoms with Crippen molar-refractivity contribution < 1.29 is 4.74 Å². The Labute approximate surface area is 95.0 Å². The molecule has 0 saturated carbocycles. The zero-order valence-corrected chi connectivity index (χ0v) is 9.79. The molecular weight excluding hydrogens is 214 g/mol. The van der Waals surface area contributed by atoms with Gasteiger partial charge in [0.15, 0.2) is 0 Å². The largest absolute Gasteiger partial charge is 0.476 e. The number of pyridine rings is 1. The molecule has 0 bridgehead atoms. The molecule has 0 unspecified atom stereocenters. The topological polar surface area (TPSA) is 51.4 Å². The Hall–Kier alpha value is -1.00. The molecule has 0 atom stereocenters. The van der Waals surface area contributed by atoms with Crippen molar-refractivity contribution in [2.24, 2.45) is 0 Å². The number of anilines is 1. The molecule has 1 heterocycles. The average molecular weight is 230 g/mol. The fourth-order valence-corrected chi connectivity index (χ4v) is 1.23. The highest BCUT2D eigenvalue weighted by Crippen LogP contribution is 2.20. The van der Waals surface area contributed by atoms with Crippen LogP contribution in [0.25, 0.3) is 0 Å². The Kier molecular flexibility index (Phi) is 4.65. The molecule has 1 rings (SSSR count). The molecule has 15 heavy (non-hydrogen) atoms. The van der Waals surface area contributed by atoms with E-state index in [4.69, 9.17) is 22.1 Å². The number of hydrogen-bond acceptors (Lipinski definition) is 4. The first-order valence-corrected chi connectivity index (χ1v) is 5.17. The van der Waals surface area contributed by atoms with Crippen LogP contribution >= 0.6 is 11.6 Å². The van der Waals surface area contributed by atoms with Crippen LogP contribution in [0.2, 0.25) is 5.15 Å². The molecule has 2 N–H and O–H groups in total. The van der Waals surface area contributed by atoms with Crippen molar-refractivity contribution >= 4 is 17.3 Å². The number of nitrogen functional groups attached to an aromatic ring is 1. The van der Waals surface area contributed by atoms with E-state index in [0.29, 0.717) is 23.3 Å². The molecular formula is C10H16ClN3O. The smallest absolute Gasteiger partial charge is 0.238 e. The summed E-state index contributed by atoms with van der Waals surface area (Å²) in [6.07, 6.45) is 0.931. The van der Waals surface area contributed by atoms with E-state index in [1.165, 1.54) is 0 Å². The van der Waals surface area contributed by atoms with Gasteiger partial charge in [0.05, 0.1) is 12.3 Å². The van der Waals surface area contributed by atoms with Crippen molar-refractivity contribution in [2.45, 2.75) is 6.42 Å². The molecule has 0 aliphatic heterocycles. The summed E-state index contributed by atoms with van der Waals surface area (Å²) >= 11 is 5.73. The van der Waals surface area contributed by atoms with Crippen molar-refractivity contribution in [1.82, 2.24) is 9.88 Å². The lowest BCUT2D eigenvalue weighted by molar-refractivity contribution is 0.274. The molecule has 0 saturated heterocycles. The molecule has 0 aromatic carbocycles. The zero-order valence-electron chi connectivity index (χ0n) is 9.03. The van der Waals surface area contributed by atoms with Crippen LogP contribution < -0.4 is 10.5 Å². The molecule has 0 aliphatic rings. The Bertz CT molecular complexity index is 318. The second-order valence-electron chi connectivity index (χ2n) is 3.53. The summed E-state index contributed by atoms with van der Waals surface area (Å²) in [4.78, 5) is 6.09. The van der Waals surface area contributed by atoms with Gasteiger partial charge in [0, 0.05) is 6.54 Å². The van der Waals surface area contributed by atoms with Crippen LogP contribution in [0.1, 0.15) is 6.42 Å². The van der Waals surface area contributed by atoms with Crippen LogP contribution in [0.3, 0.4) is 0 Å². The summed E-state index contributed by atoms with van der Waals surface area (Å²) in [7, 11) is 4.04. The van der Waals surface area contributed by atoms with Gasteiger partial charge in [0.2, 0.25) is 5.88 Å². The minimum absolute atomic E-state index is 0.395. The molecule has 1 aromatic rings. The van der Waals surface area contributed by atoms with Crippen molar-refractivity contribution in [2.75, 3.05) is 33.0 Å². The lowest BCUT2D eigenvalue weighted by atomic mass is 10.4. The summed E-state index contributed by atoms with van der Waals surface area (Å²) in [5.74, 6) is 0.418. The van der Waals surface area contributed by atoms with Crippen LogP contribution in [-0.4, -0.2) is 37.1 Å².